The van der Waals surface area contributed by atoms with E-state index in [9.17, 15) is 4.79 Å². The zero-order chi connectivity index (χ0) is 26.2. The molecule has 2 aromatic heterocycles. The number of hydrogen-bond acceptors (Lipinski definition) is 2. The van der Waals surface area contributed by atoms with Crippen molar-refractivity contribution in [3.63, 3.8) is 0 Å². The van der Waals surface area contributed by atoms with E-state index in [4.69, 9.17) is 16.7 Å². The zero-order valence-corrected chi connectivity index (χ0v) is 22.1. The molecule has 1 aliphatic rings. The fourth-order valence-corrected chi connectivity index (χ4v) is 5.53. The summed E-state index contributed by atoms with van der Waals surface area (Å²) in [5, 5.41) is 8.61. The van der Waals surface area contributed by atoms with Crippen LogP contribution in [0, 0.1) is 6.92 Å². The van der Waals surface area contributed by atoms with Crippen LogP contribution in [0.3, 0.4) is 0 Å². The maximum absolute atomic E-state index is 14.1. The van der Waals surface area contributed by atoms with Gasteiger partial charge in [-0.3, -0.25) is 0 Å². The van der Waals surface area contributed by atoms with Crippen LogP contribution in [0.15, 0.2) is 97.2 Å². The monoisotopic (exact) mass is 521 g/mol. The number of aromatic nitrogens is 3. The van der Waals surface area contributed by atoms with E-state index in [1.165, 1.54) is 0 Å². The van der Waals surface area contributed by atoms with E-state index in [-0.39, 0.29) is 12.1 Å². The van der Waals surface area contributed by atoms with Crippen LogP contribution in [-0.2, 0) is 13.0 Å². The van der Waals surface area contributed by atoms with E-state index in [1.807, 2.05) is 77.2 Å². The van der Waals surface area contributed by atoms with Gasteiger partial charge < -0.3 is 14.8 Å². The van der Waals surface area contributed by atoms with Crippen LogP contribution >= 0.6 is 11.6 Å². The first-order valence-corrected chi connectivity index (χ1v) is 13.2. The van der Waals surface area contributed by atoms with Crippen LogP contribution in [0.1, 0.15) is 41.0 Å². The summed E-state index contributed by atoms with van der Waals surface area (Å²) in [5.41, 5.74) is 6.60. The van der Waals surface area contributed by atoms with Crippen molar-refractivity contribution in [2.75, 3.05) is 5.32 Å². The fourth-order valence-electron chi connectivity index (χ4n) is 5.24. The second-order valence-electron chi connectivity index (χ2n) is 9.51. The number of amides is 2. The summed E-state index contributed by atoms with van der Waals surface area (Å²) in [4.78, 5) is 16.0. The lowest BCUT2D eigenvalue weighted by Gasteiger charge is -2.31. The standard InChI is InChI=1S/C31H28ClN5O/c1-3-26-24-20-36(31(38)33-27-17-16-21(2)19-25(27)32)29(22-11-6-4-7-12-22)28-15-10-18-35(28)30(24)37(34-26)23-13-8-5-9-14-23/h4-19,29H,3,20H2,1-2H3,(H,33,38)/t29-/m1/s1. The molecule has 0 aliphatic carbocycles. The Morgan fingerprint density at radius 2 is 1.74 bits per heavy atom. The van der Waals surface area contributed by atoms with Gasteiger partial charge in [0.2, 0.25) is 0 Å². The predicted octanol–water partition coefficient (Wildman–Crippen LogP) is 7.32. The Hall–Kier alpha value is -4.29. The van der Waals surface area contributed by atoms with Crippen LogP contribution in [0.25, 0.3) is 11.5 Å². The van der Waals surface area contributed by atoms with Crippen molar-refractivity contribution in [1.29, 1.82) is 0 Å². The molecule has 3 aromatic carbocycles. The van der Waals surface area contributed by atoms with Gasteiger partial charge in [0.25, 0.3) is 0 Å². The van der Waals surface area contributed by atoms with Gasteiger partial charge in [0.05, 0.1) is 40.4 Å². The molecule has 38 heavy (non-hydrogen) atoms. The average molecular weight is 522 g/mol. The van der Waals surface area contributed by atoms with Crippen LogP contribution in [0.5, 0.6) is 0 Å². The number of aryl methyl sites for hydroxylation is 2. The molecule has 0 bridgehead atoms. The lowest BCUT2D eigenvalue weighted by atomic mass is 10.0. The number of anilines is 1. The minimum absolute atomic E-state index is 0.222. The molecule has 0 saturated carbocycles. The quantitative estimate of drug-likeness (QED) is 0.269. The lowest BCUT2D eigenvalue weighted by Crippen LogP contribution is -2.38. The molecular weight excluding hydrogens is 494 g/mol. The highest BCUT2D eigenvalue weighted by Gasteiger charge is 2.36. The molecule has 0 fully saturated rings. The van der Waals surface area contributed by atoms with Gasteiger partial charge in [0.15, 0.2) is 0 Å². The number of nitrogens with one attached hydrogen (secondary N) is 1. The van der Waals surface area contributed by atoms with Gasteiger partial charge in [-0.2, -0.15) is 5.10 Å². The Kier molecular flexibility index (Phi) is 6.26. The molecule has 1 N–H and O–H groups in total. The van der Waals surface area contributed by atoms with Gasteiger partial charge in [0, 0.05) is 11.8 Å². The molecule has 0 unspecified atom stereocenters. The zero-order valence-electron chi connectivity index (χ0n) is 21.3. The number of para-hydroxylation sites is 1. The smallest absolute Gasteiger partial charge is 0.307 e. The minimum Gasteiger partial charge on any atom is -0.307 e. The third-order valence-corrected chi connectivity index (χ3v) is 7.36. The Labute approximate surface area is 227 Å². The maximum Gasteiger partial charge on any atom is 0.323 e. The highest BCUT2D eigenvalue weighted by molar-refractivity contribution is 6.33. The van der Waals surface area contributed by atoms with Crippen molar-refractivity contribution in [3.05, 3.63) is 130 Å². The Morgan fingerprint density at radius 3 is 2.45 bits per heavy atom. The third kappa shape index (κ3) is 4.17. The second kappa shape index (κ2) is 9.88. The summed E-state index contributed by atoms with van der Waals surface area (Å²) < 4.78 is 4.18. The molecule has 0 saturated heterocycles. The predicted molar refractivity (Wildman–Crippen MR) is 151 cm³/mol. The van der Waals surface area contributed by atoms with E-state index < -0.39 is 0 Å². The summed E-state index contributed by atoms with van der Waals surface area (Å²) in [6.45, 7) is 4.47. The lowest BCUT2D eigenvalue weighted by molar-refractivity contribution is 0.194. The van der Waals surface area contributed by atoms with Crippen molar-refractivity contribution in [3.8, 4) is 11.5 Å². The number of nitrogens with zero attached hydrogens (tertiary/aromatic N) is 4. The van der Waals surface area contributed by atoms with Crippen molar-refractivity contribution in [1.82, 2.24) is 19.2 Å². The number of hydrogen-bond donors (Lipinski definition) is 1. The first-order valence-electron chi connectivity index (χ1n) is 12.8. The highest BCUT2D eigenvalue weighted by atomic mass is 35.5. The van der Waals surface area contributed by atoms with E-state index in [1.54, 1.807) is 0 Å². The van der Waals surface area contributed by atoms with Crippen LogP contribution in [0.2, 0.25) is 5.02 Å². The molecule has 3 heterocycles. The highest BCUT2D eigenvalue weighted by Crippen LogP contribution is 2.39. The van der Waals surface area contributed by atoms with Crippen molar-refractivity contribution in [2.24, 2.45) is 0 Å². The summed E-state index contributed by atoms with van der Waals surface area (Å²) >= 11 is 6.51. The Bertz CT molecular complexity index is 1610. The molecule has 0 spiro atoms. The van der Waals surface area contributed by atoms with Crippen LogP contribution in [-0.4, -0.2) is 25.3 Å². The van der Waals surface area contributed by atoms with Crippen molar-refractivity contribution in [2.45, 2.75) is 32.9 Å². The molecule has 6 nitrogen and oxygen atoms in total. The van der Waals surface area contributed by atoms with Gasteiger partial charge in [-0.25, -0.2) is 9.48 Å². The SMILES string of the molecule is CCc1nn(-c2ccccc2)c2c1CN(C(=O)Nc1ccc(C)cc1Cl)[C@H](c1ccccc1)c1cccn1-2. The Balaban J connectivity index is 1.54. The van der Waals surface area contributed by atoms with E-state index in [0.29, 0.717) is 17.3 Å². The number of benzene rings is 3. The minimum atomic E-state index is -0.322. The topological polar surface area (TPSA) is 55.1 Å². The summed E-state index contributed by atoms with van der Waals surface area (Å²) in [5.74, 6) is 0.956. The van der Waals surface area contributed by atoms with Crippen LogP contribution in [0.4, 0.5) is 10.5 Å². The molecule has 6 rings (SSSR count). The number of carbonyl (C=O) groups is 1. The summed E-state index contributed by atoms with van der Waals surface area (Å²) in [7, 11) is 0. The van der Waals surface area contributed by atoms with E-state index in [2.05, 4.69) is 53.3 Å². The number of urea groups is 1. The van der Waals surface area contributed by atoms with E-state index >= 15 is 0 Å². The number of fused-ring (bicyclic) bond motifs is 3. The molecule has 5 aromatic rings. The molecule has 0 radical (unpaired) electrons. The molecular formula is C31H28ClN5O. The van der Waals surface area contributed by atoms with E-state index in [0.717, 1.165) is 46.0 Å². The maximum atomic E-state index is 14.1. The van der Waals surface area contributed by atoms with Crippen molar-refractivity contribution < 1.29 is 4.79 Å². The number of carbonyl (C=O) groups excluding carboxylic acids is 1. The summed E-state index contributed by atoms with van der Waals surface area (Å²) in [6, 6.07) is 29.5. The van der Waals surface area contributed by atoms with Gasteiger partial charge in [0.1, 0.15) is 5.82 Å². The first kappa shape index (κ1) is 24.1. The number of halogens is 1. The summed E-state index contributed by atoms with van der Waals surface area (Å²) in [6.07, 6.45) is 2.80. The van der Waals surface area contributed by atoms with Gasteiger partial charge in [-0.15, -0.1) is 0 Å². The third-order valence-electron chi connectivity index (χ3n) is 7.05. The molecule has 2 amide bonds. The average Bonchev–Trinajstić information content (AvgIpc) is 3.52. The van der Waals surface area contributed by atoms with Crippen LogP contribution < -0.4 is 5.32 Å². The van der Waals surface area contributed by atoms with Gasteiger partial charge in [-0.1, -0.05) is 73.1 Å². The molecule has 190 valence electrons. The number of rotatable bonds is 4. The second-order valence-corrected chi connectivity index (χ2v) is 9.91. The van der Waals surface area contributed by atoms with Crippen molar-refractivity contribution >= 4 is 23.3 Å². The fraction of sp³-hybridized carbons (Fsp3) is 0.161. The van der Waals surface area contributed by atoms with Gasteiger partial charge in [-0.05, 0) is 60.9 Å². The first-order chi connectivity index (χ1) is 18.5. The molecule has 1 aliphatic heterocycles. The Morgan fingerprint density at radius 1 is 1.00 bits per heavy atom. The van der Waals surface area contributed by atoms with Gasteiger partial charge >= 0.3 is 6.03 Å². The normalized spacial score (nSPS) is 14.5. The largest absolute Gasteiger partial charge is 0.323 e. The molecule has 1 atom stereocenters. The molecule has 7 heteroatoms.